The largest absolute Gasteiger partial charge is 0.479 e. The van der Waals surface area contributed by atoms with Crippen molar-refractivity contribution >= 4 is 11.6 Å². The van der Waals surface area contributed by atoms with Gasteiger partial charge in [0, 0.05) is 11.9 Å². The standard InChI is InChI=1S/C20H20N6O2/c1-12-5-6-13(2)16(9-12)23-20-24-18(28-25-20)15-7-8-17(19(22-15)27-4)26-10-14(3)21-11-26/h5-11H,1-4H3,(H,23,25). The zero-order valence-electron chi connectivity index (χ0n) is 16.1. The first-order valence-corrected chi connectivity index (χ1v) is 8.78. The molecule has 3 heterocycles. The Bertz CT molecular complexity index is 1130. The van der Waals surface area contributed by atoms with Crippen LogP contribution in [0.15, 0.2) is 47.4 Å². The molecule has 0 saturated heterocycles. The Morgan fingerprint density at radius 3 is 2.68 bits per heavy atom. The van der Waals surface area contributed by atoms with Gasteiger partial charge >= 0.3 is 0 Å². The molecule has 0 saturated carbocycles. The molecule has 0 aliphatic rings. The van der Waals surface area contributed by atoms with Crippen LogP contribution in [0.2, 0.25) is 0 Å². The van der Waals surface area contributed by atoms with Crippen LogP contribution in [0.3, 0.4) is 0 Å². The Morgan fingerprint density at radius 2 is 1.93 bits per heavy atom. The van der Waals surface area contributed by atoms with Crippen molar-refractivity contribution in [3.63, 3.8) is 0 Å². The van der Waals surface area contributed by atoms with Crippen molar-refractivity contribution < 1.29 is 9.26 Å². The number of benzene rings is 1. The third-order valence-electron chi connectivity index (χ3n) is 4.31. The lowest BCUT2D eigenvalue weighted by Gasteiger charge is -2.08. The van der Waals surface area contributed by atoms with E-state index in [-0.39, 0.29) is 0 Å². The average molecular weight is 376 g/mol. The van der Waals surface area contributed by atoms with Crippen LogP contribution in [0.25, 0.3) is 17.3 Å². The lowest BCUT2D eigenvalue weighted by molar-refractivity contribution is 0.394. The third-order valence-corrected chi connectivity index (χ3v) is 4.31. The SMILES string of the molecule is COc1nc(-c2nc(Nc3cc(C)ccc3C)no2)ccc1-n1cnc(C)c1. The molecular weight excluding hydrogens is 356 g/mol. The number of imidazole rings is 1. The fraction of sp³-hybridized carbons (Fsp3) is 0.200. The minimum Gasteiger partial charge on any atom is -0.479 e. The van der Waals surface area contributed by atoms with E-state index in [1.165, 1.54) is 0 Å². The van der Waals surface area contributed by atoms with E-state index >= 15 is 0 Å². The quantitative estimate of drug-likeness (QED) is 0.563. The van der Waals surface area contributed by atoms with Crippen molar-refractivity contribution in [2.45, 2.75) is 20.8 Å². The van der Waals surface area contributed by atoms with Gasteiger partial charge in [-0.15, -0.1) is 0 Å². The Morgan fingerprint density at radius 1 is 1.07 bits per heavy atom. The van der Waals surface area contributed by atoms with E-state index < -0.39 is 0 Å². The van der Waals surface area contributed by atoms with Crippen LogP contribution in [0.1, 0.15) is 16.8 Å². The fourth-order valence-electron chi connectivity index (χ4n) is 2.82. The number of ether oxygens (including phenoxy) is 1. The molecule has 0 aliphatic carbocycles. The number of hydrogen-bond acceptors (Lipinski definition) is 7. The van der Waals surface area contributed by atoms with Crippen LogP contribution in [0.4, 0.5) is 11.6 Å². The second-order valence-electron chi connectivity index (χ2n) is 6.51. The molecule has 142 valence electrons. The van der Waals surface area contributed by atoms with Gasteiger partial charge in [0.05, 0.1) is 19.1 Å². The summed E-state index contributed by atoms with van der Waals surface area (Å²) >= 11 is 0. The van der Waals surface area contributed by atoms with Gasteiger partial charge < -0.3 is 19.1 Å². The maximum atomic E-state index is 5.44. The maximum Gasteiger partial charge on any atom is 0.278 e. The number of nitrogens with one attached hydrogen (secondary N) is 1. The molecule has 0 atom stereocenters. The lowest BCUT2D eigenvalue weighted by atomic mass is 10.1. The van der Waals surface area contributed by atoms with Gasteiger partial charge in [-0.05, 0) is 55.3 Å². The number of aryl methyl sites for hydroxylation is 3. The van der Waals surface area contributed by atoms with E-state index in [0.29, 0.717) is 23.4 Å². The molecule has 1 N–H and O–H groups in total. The van der Waals surface area contributed by atoms with Gasteiger partial charge in [0.15, 0.2) is 0 Å². The molecule has 0 radical (unpaired) electrons. The Balaban J connectivity index is 1.62. The minimum absolute atomic E-state index is 0.305. The Labute approximate surface area is 162 Å². The highest BCUT2D eigenvalue weighted by atomic mass is 16.5. The van der Waals surface area contributed by atoms with Gasteiger partial charge in [-0.25, -0.2) is 9.97 Å². The van der Waals surface area contributed by atoms with Crippen molar-refractivity contribution in [2.24, 2.45) is 0 Å². The molecule has 0 aliphatic heterocycles. The topological polar surface area (TPSA) is 90.9 Å². The minimum atomic E-state index is 0.305. The normalized spacial score (nSPS) is 10.9. The summed E-state index contributed by atoms with van der Waals surface area (Å²) in [4.78, 5) is 13.1. The van der Waals surface area contributed by atoms with E-state index in [2.05, 4.69) is 31.5 Å². The van der Waals surface area contributed by atoms with E-state index in [1.54, 1.807) is 13.4 Å². The molecule has 0 amide bonds. The summed E-state index contributed by atoms with van der Waals surface area (Å²) in [6.45, 7) is 5.98. The highest BCUT2D eigenvalue weighted by Gasteiger charge is 2.15. The number of nitrogens with zero attached hydrogens (tertiary/aromatic N) is 5. The van der Waals surface area contributed by atoms with Crippen LogP contribution in [-0.2, 0) is 0 Å². The molecule has 8 heteroatoms. The molecule has 0 bridgehead atoms. The zero-order chi connectivity index (χ0) is 19.7. The number of methoxy groups -OCH3 is 1. The first-order chi connectivity index (χ1) is 13.5. The number of pyridine rings is 1. The number of rotatable bonds is 5. The van der Waals surface area contributed by atoms with Crippen LogP contribution in [0, 0.1) is 20.8 Å². The van der Waals surface area contributed by atoms with Gasteiger partial charge in [0.2, 0.25) is 5.88 Å². The Kier molecular flexibility index (Phi) is 4.52. The molecule has 8 nitrogen and oxygen atoms in total. The van der Waals surface area contributed by atoms with Crippen LogP contribution in [0.5, 0.6) is 5.88 Å². The molecule has 28 heavy (non-hydrogen) atoms. The Hall–Kier alpha value is -3.68. The van der Waals surface area contributed by atoms with Crippen LogP contribution in [-0.4, -0.2) is 31.8 Å². The molecule has 0 fully saturated rings. The second-order valence-corrected chi connectivity index (χ2v) is 6.51. The van der Waals surface area contributed by atoms with E-state index in [0.717, 1.165) is 28.2 Å². The first kappa shape index (κ1) is 17.7. The summed E-state index contributed by atoms with van der Waals surface area (Å²) < 4.78 is 12.7. The number of anilines is 2. The lowest BCUT2D eigenvalue weighted by Crippen LogP contribution is -1.99. The highest BCUT2D eigenvalue weighted by Crippen LogP contribution is 2.27. The highest BCUT2D eigenvalue weighted by molar-refractivity contribution is 5.61. The van der Waals surface area contributed by atoms with Crippen molar-refractivity contribution in [1.82, 2.24) is 24.7 Å². The molecule has 0 unspecified atom stereocenters. The monoisotopic (exact) mass is 376 g/mol. The van der Waals surface area contributed by atoms with Gasteiger partial charge in [-0.1, -0.05) is 12.1 Å². The maximum absolute atomic E-state index is 5.44. The van der Waals surface area contributed by atoms with Gasteiger partial charge in [-0.3, -0.25) is 0 Å². The van der Waals surface area contributed by atoms with Gasteiger partial charge in [-0.2, -0.15) is 4.98 Å². The number of aromatic nitrogens is 5. The van der Waals surface area contributed by atoms with Crippen molar-refractivity contribution in [3.05, 3.63) is 59.7 Å². The molecular formula is C20H20N6O2. The van der Waals surface area contributed by atoms with Crippen molar-refractivity contribution in [3.8, 4) is 23.2 Å². The fourth-order valence-corrected chi connectivity index (χ4v) is 2.82. The van der Waals surface area contributed by atoms with Crippen molar-refractivity contribution in [1.29, 1.82) is 0 Å². The van der Waals surface area contributed by atoms with E-state index in [9.17, 15) is 0 Å². The second kappa shape index (κ2) is 7.15. The smallest absolute Gasteiger partial charge is 0.278 e. The van der Waals surface area contributed by atoms with Crippen LogP contribution < -0.4 is 10.1 Å². The average Bonchev–Trinajstić information content (AvgIpc) is 3.33. The van der Waals surface area contributed by atoms with Gasteiger partial charge in [0.25, 0.3) is 11.8 Å². The summed E-state index contributed by atoms with van der Waals surface area (Å²) in [6, 6.07) is 9.82. The van der Waals surface area contributed by atoms with E-state index in [1.807, 2.05) is 55.8 Å². The first-order valence-electron chi connectivity index (χ1n) is 8.78. The number of hydrogen-bond donors (Lipinski definition) is 1. The van der Waals surface area contributed by atoms with Crippen LogP contribution >= 0.6 is 0 Å². The molecule has 1 aromatic carbocycles. The molecule has 4 aromatic rings. The third kappa shape index (κ3) is 3.44. The van der Waals surface area contributed by atoms with Crippen molar-refractivity contribution in [2.75, 3.05) is 12.4 Å². The summed E-state index contributed by atoms with van der Waals surface area (Å²) in [5.41, 5.74) is 5.39. The summed E-state index contributed by atoms with van der Waals surface area (Å²) in [6.07, 6.45) is 3.62. The molecule has 3 aromatic heterocycles. The molecule has 0 spiro atoms. The summed E-state index contributed by atoms with van der Waals surface area (Å²) in [5, 5.41) is 7.19. The predicted molar refractivity (Wildman–Crippen MR) is 105 cm³/mol. The van der Waals surface area contributed by atoms with E-state index in [4.69, 9.17) is 9.26 Å². The summed E-state index contributed by atoms with van der Waals surface area (Å²) in [7, 11) is 1.57. The zero-order valence-corrected chi connectivity index (χ0v) is 16.1. The predicted octanol–water partition coefficient (Wildman–Crippen LogP) is 3.99. The van der Waals surface area contributed by atoms with Gasteiger partial charge in [0.1, 0.15) is 11.4 Å². The molecule has 4 rings (SSSR count). The summed E-state index contributed by atoms with van der Waals surface area (Å²) in [5.74, 6) is 1.12.